The smallest absolute Gasteiger partial charge is 0.337 e. The number of aryl methyl sites for hydroxylation is 7. The lowest BCUT2D eigenvalue weighted by Crippen LogP contribution is -2.35. The normalized spacial score (nSPS) is 12.1. The Bertz CT molecular complexity index is 7740. The number of methoxy groups -OCH3 is 1. The molecule has 31 nitrogen and oxygen atoms in total. The topological polar surface area (TPSA) is 486 Å². The Kier molecular flexibility index (Phi) is 39.1. The minimum Gasteiger partial charge on any atom is -0.506 e. The highest BCUT2D eigenvalue weighted by Gasteiger charge is 2.37. The molecule has 0 spiro atoms. The minimum absolute atomic E-state index is 0.0102. The summed E-state index contributed by atoms with van der Waals surface area (Å²) in [6.07, 6.45) is 1.02. The van der Waals surface area contributed by atoms with Crippen LogP contribution in [0, 0.1) is 54.3 Å². The molecule has 0 aliphatic heterocycles. The Morgan fingerprint density at radius 3 is 1.17 bits per heavy atom. The van der Waals surface area contributed by atoms with Gasteiger partial charge in [-0.1, -0.05) is 185 Å². The van der Waals surface area contributed by atoms with Gasteiger partial charge in [-0.25, -0.2) is 42.9 Å². The Labute approximate surface area is 880 Å². The van der Waals surface area contributed by atoms with Crippen LogP contribution in [0.1, 0.15) is 182 Å². The number of hydrogen-bond acceptors (Lipinski definition) is 23. The molecule has 0 aliphatic rings. The summed E-state index contributed by atoms with van der Waals surface area (Å²) in [6.45, 7) is 27.4. The standard InChI is InChI=1S/C34H34N2O8S.C28H31ClN2O5S.C26H27ClN2O5S.C24H23FN2O5S/c1-5-22(3)23-13-15-26(16-14-23)44-31-19-28(36-33(39)24-9-11-25(12-10-24)34(40)43-4)30(37)18-29(31)35-32(38)20-45(41,42)27-8-6-7-21(2)17-27;1-6-25(37(35,36)20-13-11-19(12-14-20)28(3,4)5)27(34)30-22-16-24(32)23(15-21(22)29)31-26(33)18-9-7-17(2)8-10-18;1-5-24(35(33,34)19-11-16(3)10-17(4)12-19)26(32)28-21-14-23(30)22(13-20(21)27)29-25(31)18-8-6-15(2)7-9-18;1-14-7-9-18(10-8-14)33(31,32)16(3)23(29)26-20-13-22(28)21(12-19(20)25)27-24(30)17-6-4-5-15(2)11-17/h6-19,22,37H,5,20H2,1-4H3,(H,35,38)(H,36,39);7-16,25,32H,6H2,1-5H3,(H,30,34)(H,31,33);6-14,24,30H,5H2,1-4H3,(H,28,32)(H,29,31);4-13,16,28H,1-3H3,(H,26,29)(H,27,30). The van der Waals surface area contributed by atoms with Gasteiger partial charge in [0, 0.05) is 58.7 Å². The van der Waals surface area contributed by atoms with Crippen molar-refractivity contribution >= 4 is 161 Å². The van der Waals surface area contributed by atoms with Crippen LogP contribution in [0.25, 0.3) is 0 Å². The first kappa shape index (κ1) is 116. The van der Waals surface area contributed by atoms with E-state index in [1.165, 1.54) is 117 Å². The van der Waals surface area contributed by atoms with Crippen molar-refractivity contribution in [2.75, 3.05) is 55.4 Å². The average molecular weight is 2160 g/mol. The molecule has 0 saturated carbocycles. The van der Waals surface area contributed by atoms with E-state index in [9.17, 15) is 102 Å². The van der Waals surface area contributed by atoms with Crippen LogP contribution in [0.3, 0.4) is 0 Å². The molecule has 0 bridgehead atoms. The highest BCUT2D eigenvalue weighted by atomic mass is 35.5. The highest BCUT2D eigenvalue weighted by Crippen LogP contribution is 2.42. The Morgan fingerprint density at radius 2 is 0.733 bits per heavy atom. The number of rotatable bonds is 31. The first-order chi connectivity index (χ1) is 70.5. The molecule has 8 amide bonds. The van der Waals surface area contributed by atoms with Gasteiger partial charge in [0.15, 0.2) is 45.1 Å². The van der Waals surface area contributed by atoms with E-state index in [0.29, 0.717) is 28.4 Å². The second-order valence-electron chi connectivity index (χ2n) is 36.5. The SMILES string of the molecule is CCC(C(=O)Nc1cc(O)c(NC(=O)c2ccc(C)cc2)cc1Cl)S(=O)(=O)c1cc(C)cc(C)c1.CCC(C(=O)Nc1cc(O)c(NC(=O)c2ccc(C)cc2)cc1Cl)S(=O)(=O)c1ccc(C(C)(C)C)cc1.CCC(C)c1ccc(Oc2cc(NC(=O)c3ccc(C(=O)OC)cc3)c(O)cc2NC(=O)CS(=O)(=O)c2cccc(C)c2)cc1.Cc1ccc(S(=O)(=O)C(C)C(=O)Nc2cc(O)c(NC(=O)c3cccc(C)c3)cc2F)cc1. The van der Waals surface area contributed by atoms with Crippen molar-refractivity contribution in [1.82, 2.24) is 0 Å². The number of phenolic OH excluding ortho intramolecular Hbond substituents is 4. The molecule has 150 heavy (non-hydrogen) atoms. The van der Waals surface area contributed by atoms with Gasteiger partial charge in [-0.2, -0.15) is 0 Å². The second kappa shape index (κ2) is 50.4. The van der Waals surface area contributed by atoms with E-state index in [0.717, 1.165) is 74.7 Å². The summed E-state index contributed by atoms with van der Waals surface area (Å²) >= 11 is 12.6. The maximum atomic E-state index is 14.6. The molecule has 4 unspecified atom stereocenters. The number of aromatic hydroxyl groups is 4. The van der Waals surface area contributed by atoms with E-state index < -0.39 is 137 Å². The first-order valence-corrected chi connectivity index (χ1v) is 53.9. The van der Waals surface area contributed by atoms with Crippen LogP contribution < -0.4 is 47.3 Å². The van der Waals surface area contributed by atoms with Crippen molar-refractivity contribution < 1.29 is 111 Å². The van der Waals surface area contributed by atoms with Crippen molar-refractivity contribution in [1.29, 1.82) is 0 Å². The number of esters is 1. The maximum absolute atomic E-state index is 14.6. The molecule has 13 aromatic carbocycles. The molecule has 0 heterocycles. The molecule has 0 saturated heterocycles. The lowest BCUT2D eigenvalue weighted by Gasteiger charge is -2.20. The van der Waals surface area contributed by atoms with Crippen molar-refractivity contribution in [2.45, 2.75) is 170 Å². The molecular formula is C112H115Cl2FN8O23S4. The van der Waals surface area contributed by atoms with Crippen LogP contribution in [0.4, 0.5) is 49.9 Å². The van der Waals surface area contributed by atoms with Gasteiger partial charge in [0.2, 0.25) is 23.6 Å². The van der Waals surface area contributed by atoms with Crippen LogP contribution in [0.2, 0.25) is 10.0 Å². The predicted molar refractivity (Wildman–Crippen MR) is 580 cm³/mol. The number of sulfone groups is 4. The lowest BCUT2D eigenvalue weighted by molar-refractivity contribution is -0.116. The van der Waals surface area contributed by atoms with Crippen LogP contribution in [-0.4, -0.2) is 136 Å². The Balaban J connectivity index is 0.000000206. The second-order valence-corrected chi connectivity index (χ2v) is 45.8. The van der Waals surface area contributed by atoms with Crippen molar-refractivity contribution in [3.05, 3.63) is 355 Å². The Morgan fingerprint density at radius 1 is 0.353 bits per heavy atom. The van der Waals surface area contributed by atoms with Gasteiger partial charge in [0.25, 0.3) is 23.6 Å². The van der Waals surface area contributed by atoms with E-state index in [4.69, 9.17) is 27.9 Å². The largest absolute Gasteiger partial charge is 0.506 e. The number of nitrogens with one attached hydrogen (secondary N) is 8. The predicted octanol–water partition coefficient (Wildman–Crippen LogP) is 22.2. The number of phenols is 4. The van der Waals surface area contributed by atoms with Gasteiger partial charge in [-0.05, 0) is 247 Å². The average Bonchev–Trinajstić information content (AvgIpc) is 0.784. The van der Waals surface area contributed by atoms with Crippen molar-refractivity contribution in [2.24, 2.45) is 0 Å². The van der Waals surface area contributed by atoms with Gasteiger partial charge in [-0.15, -0.1) is 0 Å². The van der Waals surface area contributed by atoms with Crippen LogP contribution in [-0.2, 0) is 68.7 Å². The summed E-state index contributed by atoms with van der Waals surface area (Å²) < 4.78 is 129. The summed E-state index contributed by atoms with van der Waals surface area (Å²) in [5.41, 5.74) is 8.97. The summed E-state index contributed by atoms with van der Waals surface area (Å²) in [5, 5.41) is 57.6. The number of anilines is 8. The van der Waals surface area contributed by atoms with Crippen molar-refractivity contribution in [3.8, 4) is 34.5 Å². The highest BCUT2D eigenvalue weighted by molar-refractivity contribution is 7.93. The number of amides is 8. The summed E-state index contributed by atoms with van der Waals surface area (Å²) in [5.74, 6) is -8.56. The minimum atomic E-state index is -4.01. The number of carbonyl (C=O) groups is 9. The van der Waals surface area contributed by atoms with Gasteiger partial charge >= 0.3 is 5.97 Å². The first-order valence-electron chi connectivity index (χ1n) is 46.9. The molecule has 13 aromatic rings. The lowest BCUT2D eigenvalue weighted by atomic mass is 9.87. The molecule has 38 heteroatoms. The molecule has 13 rings (SSSR count). The van der Waals surface area contributed by atoms with Gasteiger partial charge in [-0.3, -0.25) is 38.4 Å². The monoisotopic (exact) mass is 2160 g/mol. The fraction of sp³-hybridized carbons (Fsp3) is 0.223. The van der Waals surface area contributed by atoms with E-state index in [-0.39, 0.29) is 116 Å². The summed E-state index contributed by atoms with van der Waals surface area (Å²) in [6, 6.07) is 66.3. The Hall–Kier alpha value is -15.6. The van der Waals surface area contributed by atoms with Crippen LogP contribution in [0.5, 0.6) is 34.5 Å². The fourth-order valence-corrected chi connectivity index (χ4v) is 21.2. The van der Waals surface area contributed by atoms with E-state index >= 15 is 0 Å². The molecule has 4 atom stereocenters. The fourth-order valence-electron chi connectivity index (χ4n) is 14.8. The summed E-state index contributed by atoms with van der Waals surface area (Å²) in [7, 11) is -14.7. The van der Waals surface area contributed by atoms with Crippen LogP contribution in [0.15, 0.2) is 280 Å². The molecule has 786 valence electrons. The zero-order chi connectivity index (χ0) is 111. The van der Waals surface area contributed by atoms with Gasteiger partial charge in [0.05, 0.1) is 87.8 Å². The summed E-state index contributed by atoms with van der Waals surface area (Å²) in [4.78, 5) is 114. The maximum Gasteiger partial charge on any atom is 0.337 e. The number of hydrogen-bond donors (Lipinski definition) is 12. The quantitative estimate of drug-likeness (QED) is 0.0142. The third kappa shape index (κ3) is 30.6. The molecule has 0 aliphatic carbocycles. The number of benzene rings is 13. The van der Waals surface area contributed by atoms with Crippen molar-refractivity contribution in [3.63, 3.8) is 0 Å². The van der Waals surface area contributed by atoms with E-state index in [2.05, 4.69) is 61.1 Å². The zero-order valence-electron chi connectivity index (χ0n) is 84.8. The van der Waals surface area contributed by atoms with Gasteiger partial charge < -0.3 is 72.4 Å². The molecule has 0 aromatic heterocycles. The third-order valence-corrected chi connectivity index (χ3v) is 32.4. The van der Waals surface area contributed by atoms with Crippen LogP contribution >= 0.6 is 23.2 Å². The third-order valence-electron chi connectivity index (χ3n) is 23.7. The zero-order valence-corrected chi connectivity index (χ0v) is 89.6. The van der Waals surface area contributed by atoms with E-state index in [1.54, 1.807) is 157 Å². The molecule has 0 radical (unpaired) electrons. The molecular weight excluding hydrogens is 2040 g/mol. The molecule has 12 N–H and O–H groups in total. The van der Waals surface area contributed by atoms with E-state index in [1.807, 2.05) is 65.8 Å². The molecule has 0 fully saturated rings. The number of halogens is 3. The van der Waals surface area contributed by atoms with Gasteiger partial charge in [0.1, 0.15) is 56.1 Å². The number of ether oxygens (including phenoxy) is 2. The number of carbonyl (C=O) groups excluding carboxylic acids is 9.